The summed E-state index contributed by atoms with van der Waals surface area (Å²) in [5, 5.41) is 2.71. The number of nitrogens with zero attached hydrogens (tertiary/aromatic N) is 1. The van der Waals surface area contributed by atoms with Gasteiger partial charge in [0, 0.05) is 12.7 Å². The normalized spacial score (nSPS) is 17.8. The van der Waals surface area contributed by atoms with E-state index in [4.69, 9.17) is 15.2 Å². The van der Waals surface area contributed by atoms with Gasteiger partial charge in [0.2, 0.25) is 11.8 Å². The van der Waals surface area contributed by atoms with Crippen molar-refractivity contribution in [2.75, 3.05) is 20.3 Å². The number of methoxy groups -OCH3 is 1. The van der Waals surface area contributed by atoms with Crippen LogP contribution in [-0.4, -0.2) is 43.2 Å². The van der Waals surface area contributed by atoms with Gasteiger partial charge in [0.15, 0.2) is 0 Å². The Bertz CT molecular complexity index is 641. The van der Waals surface area contributed by atoms with E-state index in [1.807, 2.05) is 6.07 Å². The topological polar surface area (TPSA) is 104 Å². The zero-order chi connectivity index (χ0) is 17.8. The molecule has 2 aliphatic carbocycles. The van der Waals surface area contributed by atoms with Gasteiger partial charge in [-0.3, -0.25) is 9.59 Å². The summed E-state index contributed by atoms with van der Waals surface area (Å²) in [4.78, 5) is 28.4. The van der Waals surface area contributed by atoms with Crippen molar-refractivity contribution in [1.29, 1.82) is 0 Å². The number of primary amides is 1. The lowest BCUT2D eigenvalue weighted by atomic mass is 10.1. The molecule has 1 aromatic heterocycles. The molecule has 7 nitrogen and oxygen atoms in total. The largest absolute Gasteiger partial charge is 0.475 e. The number of hydrogen-bond donors (Lipinski definition) is 2. The molecule has 0 radical (unpaired) electrons. The molecule has 2 saturated carbocycles. The molecular weight excluding hydrogens is 322 g/mol. The highest BCUT2D eigenvalue weighted by Gasteiger charge is 2.31. The van der Waals surface area contributed by atoms with Crippen LogP contribution >= 0.6 is 0 Å². The van der Waals surface area contributed by atoms with Gasteiger partial charge in [-0.25, -0.2) is 4.98 Å². The molecule has 0 aliphatic heterocycles. The molecule has 1 atom stereocenters. The van der Waals surface area contributed by atoms with Gasteiger partial charge in [0.25, 0.3) is 5.91 Å². The Morgan fingerprint density at radius 3 is 2.64 bits per heavy atom. The minimum absolute atomic E-state index is 0.235. The molecule has 3 N–H and O–H groups in total. The zero-order valence-electron chi connectivity index (χ0n) is 14.5. The Morgan fingerprint density at radius 1 is 1.28 bits per heavy atom. The van der Waals surface area contributed by atoms with Gasteiger partial charge in [0.05, 0.1) is 6.61 Å². The Kier molecular flexibility index (Phi) is 5.53. The third-order valence-corrected chi connectivity index (χ3v) is 4.58. The third-order valence-electron chi connectivity index (χ3n) is 4.58. The molecule has 0 bridgehead atoms. The molecule has 0 saturated heterocycles. The van der Waals surface area contributed by atoms with Crippen molar-refractivity contribution < 1.29 is 19.1 Å². The van der Waals surface area contributed by atoms with Crippen molar-refractivity contribution in [1.82, 2.24) is 10.3 Å². The fraction of sp³-hybridized carbons (Fsp3) is 0.611. The first-order valence-electron chi connectivity index (χ1n) is 8.81. The van der Waals surface area contributed by atoms with Gasteiger partial charge in [-0.05, 0) is 37.2 Å². The van der Waals surface area contributed by atoms with Crippen LogP contribution in [0, 0.1) is 5.92 Å². The molecule has 2 aliphatic rings. The summed E-state index contributed by atoms with van der Waals surface area (Å²) in [5.74, 6) is 0.506. The molecule has 2 fully saturated rings. The standard InChI is InChI=1S/C18H25N3O4/c1-24-8-9-25-18-13(12-4-5-12)6-7-14(21-18)17(23)20-15(16(19)22)10-11-2-3-11/h6-7,11-12,15H,2-5,8-10H2,1H3,(H2,19,22)(H,20,23). The van der Waals surface area contributed by atoms with Crippen molar-refractivity contribution >= 4 is 11.8 Å². The van der Waals surface area contributed by atoms with Gasteiger partial charge >= 0.3 is 0 Å². The minimum atomic E-state index is -0.650. The van der Waals surface area contributed by atoms with Gasteiger partial charge in [-0.15, -0.1) is 0 Å². The quantitative estimate of drug-likeness (QED) is 0.622. The highest BCUT2D eigenvalue weighted by atomic mass is 16.5. The molecule has 1 heterocycles. The second kappa shape index (κ2) is 7.82. The molecule has 2 amide bonds. The maximum Gasteiger partial charge on any atom is 0.270 e. The summed E-state index contributed by atoms with van der Waals surface area (Å²) in [7, 11) is 1.60. The van der Waals surface area contributed by atoms with E-state index in [2.05, 4.69) is 10.3 Å². The lowest BCUT2D eigenvalue weighted by Crippen LogP contribution is -2.45. The SMILES string of the molecule is COCCOc1nc(C(=O)NC(CC2CC2)C(N)=O)ccc1C1CC1. The molecule has 0 spiro atoms. The summed E-state index contributed by atoms with van der Waals surface area (Å²) in [6.07, 6.45) is 4.99. The molecule has 0 aromatic carbocycles. The molecular formula is C18H25N3O4. The van der Waals surface area contributed by atoms with Crippen LogP contribution in [0.3, 0.4) is 0 Å². The fourth-order valence-electron chi connectivity index (χ4n) is 2.79. The first kappa shape index (κ1) is 17.7. The first-order chi connectivity index (χ1) is 12.1. The fourth-order valence-corrected chi connectivity index (χ4v) is 2.79. The van der Waals surface area contributed by atoms with E-state index in [0.29, 0.717) is 37.4 Å². The van der Waals surface area contributed by atoms with Gasteiger partial charge in [0.1, 0.15) is 18.3 Å². The van der Waals surface area contributed by atoms with Gasteiger partial charge in [-0.1, -0.05) is 18.9 Å². The number of amides is 2. The van der Waals surface area contributed by atoms with Crippen LogP contribution in [0.1, 0.15) is 54.1 Å². The Balaban J connectivity index is 1.70. The van der Waals surface area contributed by atoms with E-state index in [-0.39, 0.29) is 5.69 Å². The lowest BCUT2D eigenvalue weighted by Gasteiger charge is -2.16. The maximum absolute atomic E-state index is 12.5. The number of aromatic nitrogens is 1. The van der Waals surface area contributed by atoms with E-state index >= 15 is 0 Å². The Hall–Kier alpha value is -2.15. The highest BCUT2D eigenvalue weighted by molar-refractivity contribution is 5.96. The van der Waals surface area contributed by atoms with E-state index in [1.165, 1.54) is 0 Å². The van der Waals surface area contributed by atoms with Crippen molar-refractivity contribution in [3.05, 3.63) is 23.4 Å². The number of ether oxygens (including phenoxy) is 2. The molecule has 25 heavy (non-hydrogen) atoms. The van der Waals surface area contributed by atoms with Crippen molar-refractivity contribution in [2.24, 2.45) is 11.7 Å². The smallest absolute Gasteiger partial charge is 0.270 e. The van der Waals surface area contributed by atoms with Crippen molar-refractivity contribution in [2.45, 2.75) is 44.1 Å². The summed E-state index contributed by atoms with van der Waals surface area (Å²) >= 11 is 0. The average molecular weight is 347 g/mol. The maximum atomic E-state index is 12.5. The van der Waals surface area contributed by atoms with Gasteiger partial charge in [-0.2, -0.15) is 0 Å². The van der Waals surface area contributed by atoms with Crippen LogP contribution in [-0.2, 0) is 9.53 Å². The number of carbonyl (C=O) groups excluding carboxylic acids is 2. The summed E-state index contributed by atoms with van der Waals surface area (Å²) < 4.78 is 10.7. The number of nitrogens with one attached hydrogen (secondary N) is 1. The number of hydrogen-bond acceptors (Lipinski definition) is 5. The van der Waals surface area contributed by atoms with Crippen molar-refractivity contribution in [3.63, 3.8) is 0 Å². The van der Waals surface area contributed by atoms with Crippen LogP contribution < -0.4 is 15.8 Å². The number of pyridine rings is 1. The minimum Gasteiger partial charge on any atom is -0.475 e. The van der Waals surface area contributed by atoms with Gasteiger partial charge < -0.3 is 20.5 Å². The monoisotopic (exact) mass is 347 g/mol. The predicted molar refractivity (Wildman–Crippen MR) is 91.4 cm³/mol. The second-order valence-electron chi connectivity index (χ2n) is 6.81. The summed E-state index contributed by atoms with van der Waals surface area (Å²) in [5.41, 5.74) is 6.67. The van der Waals surface area contributed by atoms with E-state index < -0.39 is 17.9 Å². The van der Waals surface area contributed by atoms with E-state index in [9.17, 15) is 9.59 Å². The second-order valence-corrected chi connectivity index (χ2v) is 6.81. The lowest BCUT2D eigenvalue weighted by molar-refractivity contribution is -0.120. The number of carbonyl (C=O) groups is 2. The molecule has 1 unspecified atom stereocenters. The number of rotatable bonds is 10. The Morgan fingerprint density at radius 2 is 2.04 bits per heavy atom. The number of nitrogens with two attached hydrogens (primary N) is 1. The first-order valence-corrected chi connectivity index (χ1v) is 8.81. The molecule has 7 heteroatoms. The summed E-state index contributed by atoms with van der Waals surface area (Å²) in [6.45, 7) is 0.827. The van der Waals surface area contributed by atoms with Crippen LogP contribution in [0.4, 0.5) is 0 Å². The predicted octanol–water partition coefficient (Wildman–Crippen LogP) is 1.37. The van der Waals surface area contributed by atoms with E-state index in [0.717, 1.165) is 31.2 Å². The van der Waals surface area contributed by atoms with Crippen LogP contribution in [0.25, 0.3) is 0 Å². The van der Waals surface area contributed by atoms with Crippen LogP contribution in [0.15, 0.2) is 12.1 Å². The van der Waals surface area contributed by atoms with Crippen LogP contribution in [0.5, 0.6) is 5.88 Å². The highest BCUT2D eigenvalue weighted by Crippen LogP contribution is 2.43. The van der Waals surface area contributed by atoms with Crippen LogP contribution in [0.2, 0.25) is 0 Å². The summed E-state index contributed by atoms with van der Waals surface area (Å²) in [6, 6.07) is 2.92. The Labute approximate surface area is 147 Å². The average Bonchev–Trinajstić information content (AvgIpc) is 3.47. The molecule has 1 aromatic rings. The van der Waals surface area contributed by atoms with Crippen molar-refractivity contribution in [3.8, 4) is 5.88 Å². The zero-order valence-corrected chi connectivity index (χ0v) is 14.5. The molecule has 136 valence electrons. The third kappa shape index (κ3) is 4.92. The van der Waals surface area contributed by atoms with E-state index in [1.54, 1.807) is 13.2 Å². The molecule has 3 rings (SSSR count).